The number of thiol groups is 1. The van der Waals surface area contributed by atoms with E-state index >= 15 is 0 Å². The molecule has 0 spiro atoms. The predicted molar refractivity (Wildman–Crippen MR) is 57.0 cm³/mol. The van der Waals surface area contributed by atoms with Gasteiger partial charge < -0.3 is 4.90 Å². The molecule has 0 aromatic rings. The third-order valence-electron chi connectivity index (χ3n) is 2.75. The van der Waals surface area contributed by atoms with Crippen molar-refractivity contribution >= 4 is 12.6 Å². The Morgan fingerprint density at radius 2 is 2.17 bits per heavy atom. The molecule has 0 amide bonds. The van der Waals surface area contributed by atoms with E-state index in [1.807, 2.05) is 0 Å². The van der Waals surface area contributed by atoms with Gasteiger partial charge in [0.1, 0.15) is 0 Å². The topological polar surface area (TPSA) is 6.48 Å². The molecule has 0 saturated carbocycles. The second-order valence-corrected chi connectivity index (χ2v) is 4.01. The Morgan fingerprint density at radius 3 is 2.75 bits per heavy atom. The third kappa shape index (κ3) is 2.64. The van der Waals surface area contributed by atoms with E-state index in [9.17, 15) is 0 Å². The van der Waals surface area contributed by atoms with Gasteiger partial charge >= 0.3 is 0 Å². The Hall–Kier alpha value is 0.270. The first kappa shape index (κ1) is 10.4. The summed E-state index contributed by atoms with van der Waals surface area (Å²) in [5.74, 6) is 0.986. The van der Waals surface area contributed by atoms with Gasteiger partial charge in [-0.25, -0.2) is 0 Å². The molecule has 0 bridgehead atoms. The molecule has 3 heteroatoms. The maximum atomic E-state index is 4.26. The van der Waals surface area contributed by atoms with Crippen molar-refractivity contribution in [1.29, 1.82) is 0 Å². The van der Waals surface area contributed by atoms with Crippen LogP contribution in [-0.2, 0) is 0 Å². The summed E-state index contributed by atoms with van der Waals surface area (Å²) in [5, 5.41) is 0. The van der Waals surface area contributed by atoms with Gasteiger partial charge in [0.05, 0.1) is 0 Å². The van der Waals surface area contributed by atoms with Gasteiger partial charge in [-0.15, -0.1) is 0 Å². The minimum absolute atomic E-state index is 0.763. The van der Waals surface area contributed by atoms with Crippen LogP contribution in [0.2, 0.25) is 0 Å². The highest BCUT2D eigenvalue weighted by molar-refractivity contribution is 7.80. The van der Waals surface area contributed by atoms with Crippen molar-refractivity contribution in [3.63, 3.8) is 0 Å². The highest BCUT2D eigenvalue weighted by Crippen LogP contribution is 2.09. The van der Waals surface area contributed by atoms with Crippen molar-refractivity contribution in [1.82, 2.24) is 9.80 Å². The van der Waals surface area contributed by atoms with Crippen LogP contribution in [0.1, 0.15) is 13.3 Å². The largest absolute Gasteiger partial charge is 0.301 e. The number of hydrogen-bond acceptors (Lipinski definition) is 3. The number of likely N-dealkylation sites (N-methyl/N-ethyl adjacent to an activating group) is 1. The van der Waals surface area contributed by atoms with E-state index in [2.05, 4.69) is 36.4 Å². The van der Waals surface area contributed by atoms with E-state index in [1.165, 1.54) is 26.1 Å². The van der Waals surface area contributed by atoms with Gasteiger partial charge in [-0.2, -0.15) is 12.6 Å². The molecule has 1 aliphatic heterocycles. The highest BCUT2D eigenvalue weighted by atomic mass is 32.1. The Bertz CT molecular complexity index is 130. The van der Waals surface area contributed by atoms with Crippen LogP contribution in [0.3, 0.4) is 0 Å². The first-order valence-corrected chi connectivity index (χ1v) is 5.44. The molecule has 1 aliphatic rings. The predicted octanol–water partition coefficient (Wildman–Crippen LogP) is 0.942. The van der Waals surface area contributed by atoms with Crippen molar-refractivity contribution in [3.05, 3.63) is 0 Å². The van der Waals surface area contributed by atoms with Crippen molar-refractivity contribution < 1.29 is 0 Å². The SMILES string of the molecule is CCC1CN(CCS)CCN1C. The minimum Gasteiger partial charge on any atom is -0.301 e. The molecule has 12 heavy (non-hydrogen) atoms. The van der Waals surface area contributed by atoms with Gasteiger partial charge in [-0.1, -0.05) is 6.92 Å². The van der Waals surface area contributed by atoms with Crippen LogP contribution >= 0.6 is 12.6 Å². The normalized spacial score (nSPS) is 27.8. The van der Waals surface area contributed by atoms with Crippen LogP contribution in [0.5, 0.6) is 0 Å². The number of rotatable bonds is 3. The summed E-state index contributed by atoms with van der Waals surface area (Å²) in [7, 11) is 2.23. The first-order valence-electron chi connectivity index (χ1n) is 4.81. The van der Waals surface area contributed by atoms with Crippen molar-refractivity contribution in [2.45, 2.75) is 19.4 Å². The highest BCUT2D eigenvalue weighted by Gasteiger charge is 2.21. The molecule has 1 rings (SSSR count). The Labute approximate surface area is 81.3 Å². The summed E-state index contributed by atoms with van der Waals surface area (Å²) < 4.78 is 0. The molecule has 1 unspecified atom stereocenters. The lowest BCUT2D eigenvalue weighted by molar-refractivity contribution is 0.0982. The zero-order valence-electron chi connectivity index (χ0n) is 8.16. The Kier molecular flexibility index (Phi) is 4.40. The van der Waals surface area contributed by atoms with E-state index in [0.717, 1.165) is 18.3 Å². The lowest BCUT2D eigenvalue weighted by atomic mass is 10.1. The van der Waals surface area contributed by atoms with E-state index in [1.54, 1.807) is 0 Å². The summed E-state index contributed by atoms with van der Waals surface area (Å²) >= 11 is 4.26. The fraction of sp³-hybridized carbons (Fsp3) is 1.00. The molecule has 0 radical (unpaired) electrons. The fourth-order valence-electron chi connectivity index (χ4n) is 1.80. The summed E-state index contributed by atoms with van der Waals surface area (Å²) in [5.41, 5.74) is 0. The number of piperazine rings is 1. The molecule has 0 aliphatic carbocycles. The molecule has 1 fully saturated rings. The molecule has 1 atom stereocenters. The first-order chi connectivity index (χ1) is 5.77. The molecular weight excluding hydrogens is 168 g/mol. The number of nitrogens with zero attached hydrogens (tertiary/aromatic N) is 2. The Balaban J connectivity index is 2.33. The summed E-state index contributed by atoms with van der Waals surface area (Å²) in [6.07, 6.45) is 1.26. The molecular formula is C9H20N2S. The average Bonchev–Trinajstić information content (AvgIpc) is 2.09. The molecule has 0 aromatic heterocycles. The lowest BCUT2D eigenvalue weighted by Gasteiger charge is -2.38. The van der Waals surface area contributed by atoms with Crippen LogP contribution in [0.25, 0.3) is 0 Å². The second kappa shape index (κ2) is 5.10. The minimum atomic E-state index is 0.763. The molecule has 2 nitrogen and oxygen atoms in total. The summed E-state index contributed by atoms with van der Waals surface area (Å²) in [4.78, 5) is 4.98. The van der Waals surface area contributed by atoms with Crippen LogP contribution in [0, 0.1) is 0 Å². The van der Waals surface area contributed by atoms with Crippen LogP contribution in [0.4, 0.5) is 0 Å². The molecule has 0 N–H and O–H groups in total. The lowest BCUT2D eigenvalue weighted by Crippen LogP contribution is -2.51. The van der Waals surface area contributed by atoms with Gasteiger partial charge in [0, 0.05) is 38.0 Å². The maximum absolute atomic E-state index is 4.26. The van der Waals surface area contributed by atoms with Gasteiger partial charge in [-0.05, 0) is 13.5 Å². The summed E-state index contributed by atoms with van der Waals surface area (Å²) in [6.45, 7) is 7.08. The standard InChI is InChI=1S/C9H20N2S/c1-3-9-8-11(6-7-12)5-4-10(9)2/h9,12H,3-8H2,1-2H3. The van der Waals surface area contributed by atoms with Crippen LogP contribution in [-0.4, -0.2) is 54.8 Å². The molecule has 1 heterocycles. The van der Waals surface area contributed by atoms with Gasteiger partial charge in [-0.3, -0.25) is 4.90 Å². The molecule has 1 saturated heterocycles. The van der Waals surface area contributed by atoms with Gasteiger partial charge in [0.15, 0.2) is 0 Å². The maximum Gasteiger partial charge on any atom is 0.0218 e. The molecule has 0 aromatic carbocycles. The zero-order chi connectivity index (χ0) is 8.97. The summed E-state index contributed by atoms with van der Waals surface area (Å²) in [6, 6.07) is 0.763. The van der Waals surface area contributed by atoms with Gasteiger partial charge in [0.2, 0.25) is 0 Å². The fourth-order valence-corrected chi connectivity index (χ4v) is 2.08. The van der Waals surface area contributed by atoms with E-state index in [4.69, 9.17) is 0 Å². The number of hydrogen-bond donors (Lipinski definition) is 1. The smallest absolute Gasteiger partial charge is 0.0218 e. The van der Waals surface area contributed by atoms with Crippen molar-refractivity contribution in [2.75, 3.05) is 39.0 Å². The van der Waals surface area contributed by atoms with Crippen LogP contribution < -0.4 is 0 Å². The zero-order valence-corrected chi connectivity index (χ0v) is 9.06. The Morgan fingerprint density at radius 1 is 1.42 bits per heavy atom. The van der Waals surface area contributed by atoms with E-state index in [-0.39, 0.29) is 0 Å². The quantitative estimate of drug-likeness (QED) is 0.659. The van der Waals surface area contributed by atoms with Crippen molar-refractivity contribution in [2.24, 2.45) is 0 Å². The van der Waals surface area contributed by atoms with Crippen molar-refractivity contribution in [3.8, 4) is 0 Å². The monoisotopic (exact) mass is 188 g/mol. The second-order valence-electron chi connectivity index (χ2n) is 3.57. The van der Waals surface area contributed by atoms with E-state index < -0.39 is 0 Å². The molecule has 72 valence electrons. The average molecular weight is 188 g/mol. The van der Waals surface area contributed by atoms with E-state index in [0.29, 0.717) is 0 Å². The van der Waals surface area contributed by atoms with Crippen LogP contribution in [0.15, 0.2) is 0 Å². The third-order valence-corrected chi connectivity index (χ3v) is 2.95. The van der Waals surface area contributed by atoms with Gasteiger partial charge in [0.25, 0.3) is 0 Å².